The van der Waals surface area contributed by atoms with E-state index in [1.165, 1.54) is 0 Å². The van der Waals surface area contributed by atoms with Gasteiger partial charge in [0.25, 0.3) is 11.8 Å². The van der Waals surface area contributed by atoms with Crippen molar-refractivity contribution in [2.45, 2.75) is 51.0 Å². The summed E-state index contributed by atoms with van der Waals surface area (Å²) >= 11 is 0. The van der Waals surface area contributed by atoms with E-state index in [1.54, 1.807) is 0 Å². The largest absolute Gasteiger partial charge is 0.368 e. The minimum absolute atomic E-state index is 0.0819. The van der Waals surface area contributed by atoms with E-state index in [0.717, 1.165) is 56.4 Å². The molecule has 1 amide bonds. The molecule has 1 aliphatic heterocycles. The van der Waals surface area contributed by atoms with Crippen molar-refractivity contribution < 1.29 is 18.6 Å². The number of carbonyl (C=O) groups excluding carboxylic acids is 1. The monoisotopic (exact) mass is 332 g/mol. The smallest absolute Gasteiger partial charge is 0.290 e. The predicted octanol–water partition coefficient (Wildman–Crippen LogP) is 1.76. The van der Waals surface area contributed by atoms with Crippen LogP contribution in [0.4, 0.5) is 0 Å². The summed E-state index contributed by atoms with van der Waals surface area (Å²) in [5.41, 5.74) is 1.88. The topological polar surface area (TPSA) is 103 Å². The van der Waals surface area contributed by atoms with Gasteiger partial charge in [-0.3, -0.25) is 4.79 Å². The standard InChI is InChI=1S/C16H20N4O4/c21-15(14-10-4-1-2-5-11(10)19-23-14)17-8-7-13-18-16(24-20-13)12-6-3-9-22-12/h12H,1-9H2,(H,17,21). The van der Waals surface area contributed by atoms with Crippen LogP contribution in [0.15, 0.2) is 9.05 Å². The molecule has 1 atom stereocenters. The van der Waals surface area contributed by atoms with Gasteiger partial charge in [0.05, 0.1) is 5.69 Å². The Morgan fingerprint density at radius 2 is 2.08 bits per heavy atom. The van der Waals surface area contributed by atoms with Gasteiger partial charge in [0.15, 0.2) is 5.82 Å². The van der Waals surface area contributed by atoms with Gasteiger partial charge in [-0.1, -0.05) is 10.3 Å². The summed E-state index contributed by atoms with van der Waals surface area (Å²) in [6.07, 6.45) is 6.27. The molecule has 8 heteroatoms. The molecule has 1 unspecified atom stereocenters. The van der Waals surface area contributed by atoms with Crippen LogP contribution < -0.4 is 5.32 Å². The van der Waals surface area contributed by atoms with Crippen LogP contribution in [-0.2, 0) is 24.0 Å². The highest BCUT2D eigenvalue weighted by Crippen LogP contribution is 2.27. The zero-order valence-corrected chi connectivity index (χ0v) is 13.4. The van der Waals surface area contributed by atoms with Crippen molar-refractivity contribution in [3.63, 3.8) is 0 Å². The Kier molecular flexibility index (Phi) is 4.29. The molecule has 1 saturated heterocycles. The molecule has 1 fully saturated rings. The van der Waals surface area contributed by atoms with E-state index in [9.17, 15) is 4.79 Å². The number of hydrogen-bond acceptors (Lipinski definition) is 7. The van der Waals surface area contributed by atoms with Crippen molar-refractivity contribution in [1.82, 2.24) is 20.6 Å². The van der Waals surface area contributed by atoms with Crippen LogP contribution in [0.25, 0.3) is 0 Å². The fourth-order valence-corrected chi connectivity index (χ4v) is 3.21. The molecule has 4 rings (SSSR count). The fraction of sp³-hybridized carbons (Fsp3) is 0.625. The molecular weight excluding hydrogens is 312 g/mol. The number of aryl methyl sites for hydroxylation is 1. The summed E-state index contributed by atoms with van der Waals surface area (Å²) < 4.78 is 16.0. The van der Waals surface area contributed by atoms with Crippen molar-refractivity contribution in [3.8, 4) is 0 Å². The second-order valence-corrected chi connectivity index (χ2v) is 6.20. The van der Waals surface area contributed by atoms with E-state index in [2.05, 4.69) is 20.6 Å². The summed E-state index contributed by atoms with van der Waals surface area (Å²) in [5, 5.41) is 10.8. The van der Waals surface area contributed by atoms with Gasteiger partial charge in [-0.25, -0.2) is 0 Å². The summed E-state index contributed by atoms with van der Waals surface area (Å²) in [6.45, 7) is 1.15. The van der Waals surface area contributed by atoms with E-state index in [-0.39, 0.29) is 12.0 Å². The van der Waals surface area contributed by atoms with Crippen LogP contribution >= 0.6 is 0 Å². The molecule has 8 nitrogen and oxygen atoms in total. The number of ether oxygens (including phenoxy) is 1. The number of carbonyl (C=O) groups is 1. The molecule has 2 aliphatic rings. The summed E-state index contributed by atoms with van der Waals surface area (Å²) in [5.74, 6) is 1.21. The lowest BCUT2D eigenvalue weighted by molar-refractivity contribution is 0.0835. The van der Waals surface area contributed by atoms with Crippen LogP contribution in [0.5, 0.6) is 0 Å². The molecule has 1 aliphatic carbocycles. The minimum Gasteiger partial charge on any atom is -0.368 e. The lowest BCUT2D eigenvalue weighted by Crippen LogP contribution is -2.26. The Balaban J connectivity index is 1.31. The van der Waals surface area contributed by atoms with E-state index in [1.807, 2.05) is 0 Å². The predicted molar refractivity (Wildman–Crippen MR) is 81.4 cm³/mol. The third-order valence-corrected chi connectivity index (χ3v) is 4.49. The van der Waals surface area contributed by atoms with E-state index >= 15 is 0 Å². The normalized spacial score (nSPS) is 20.1. The van der Waals surface area contributed by atoms with Gasteiger partial charge in [0, 0.05) is 25.1 Å². The first-order valence-corrected chi connectivity index (χ1v) is 8.51. The Morgan fingerprint density at radius 1 is 1.17 bits per heavy atom. The number of amides is 1. The molecule has 1 N–H and O–H groups in total. The number of aromatic nitrogens is 3. The van der Waals surface area contributed by atoms with Gasteiger partial charge >= 0.3 is 0 Å². The summed E-state index contributed by atoms with van der Waals surface area (Å²) in [6, 6.07) is 0. The fourth-order valence-electron chi connectivity index (χ4n) is 3.21. The minimum atomic E-state index is -0.228. The lowest BCUT2D eigenvalue weighted by Gasteiger charge is -2.08. The molecule has 0 saturated carbocycles. The maximum absolute atomic E-state index is 12.3. The Bertz CT molecular complexity index is 717. The third-order valence-electron chi connectivity index (χ3n) is 4.49. The van der Waals surface area contributed by atoms with Gasteiger partial charge in [-0.05, 0) is 38.5 Å². The molecule has 128 valence electrons. The first-order valence-electron chi connectivity index (χ1n) is 8.51. The molecule has 0 spiro atoms. The molecule has 0 bridgehead atoms. The molecular formula is C16H20N4O4. The van der Waals surface area contributed by atoms with Crippen molar-refractivity contribution in [1.29, 1.82) is 0 Å². The molecule has 0 aromatic carbocycles. The SMILES string of the molecule is O=C(NCCc1noc(C2CCCO2)n1)c1onc2c1CCCC2. The van der Waals surface area contributed by atoms with Crippen LogP contribution in [0.2, 0.25) is 0 Å². The van der Waals surface area contributed by atoms with Gasteiger partial charge in [-0.15, -0.1) is 0 Å². The molecule has 24 heavy (non-hydrogen) atoms. The van der Waals surface area contributed by atoms with Crippen molar-refractivity contribution in [3.05, 3.63) is 28.7 Å². The van der Waals surface area contributed by atoms with Gasteiger partial charge in [0.2, 0.25) is 5.76 Å². The number of rotatable bonds is 5. The molecule has 3 heterocycles. The van der Waals surface area contributed by atoms with Crippen LogP contribution in [-0.4, -0.2) is 34.4 Å². The first-order chi connectivity index (χ1) is 11.8. The maximum Gasteiger partial charge on any atom is 0.290 e. The van der Waals surface area contributed by atoms with Crippen LogP contribution in [0, 0.1) is 0 Å². The van der Waals surface area contributed by atoms with Crippen molar-refractivity contribution >= 4 is 5.91 Å². The van der Waals surface area contributed by atoms with Gasteiger partial charge < -0.3 is 19.1 Å². The van der Waals surface area contributed by atoms with Crippen LogP contribution in [0.3, 0.4) is 0 Å². The second kappa shape index (κ2) is 6.72. The van der Waals surface area contributed by atoms with Gasteiger partial charge in [0.1, 0.15) is 6.10 Å². The average Bonchev–Trinajstić information content (AvgIpc) is 3.34. The summed E-state index contributed by atoms with van der Waals surface area (Å²) in [4.78, 5) is 16.6. The summed E-state index contributed by atoms with van der Waals surface area (Å²) in [7, 11) is 0. The Hall–Kier alpha value is -2.22. The van der Waals surface area contributed by atoms with E-state index in [0.29, 0.717) is 30.4 Å². The number of hydrogen-bond donors (Lipinski definition) is 1. The number of nitrogens with one attached hydrogen (secondary N) is 1. The maximum atomic E-state index is 12.3. The number of fused-ring (bicyclic) bond motifs is 1. The number of nitrogens with zero attached hydrogens (tertiary/aromatic N) is 3. The van der Waals surface area contributed by atoms with E-state index < -0.39 is 0 Å². The second-order valence-electron chi connectivity index (χ2n) is 6.20. The van der Waals surface area contributed by atoms with Gasteiger partial charge in [-0.2, -0.15) is 4.98 Å². The first kappa shape index (κ1) is 15.3. The highest BCUT2D eigenvalue weighted by Gasteiger charge is 2.25. The van der Waals surface area contributed by atoms with Crippen LogP contribution in [0.1, 0.15) is 65.3 Å². The van der Waals surface area contributed by atoms with Crippen molar-refractivity contribution in [2.75, 3.05) is 13.2 Å². The Morgan fingerprint density at radius 3 is 2.96 bits per heavy atom. The molecule has 2 aromatic heterocycles. The Labute approximate surface area is 138 Å². The zero-order chi connectivity index (χ0) is 16.4. The zero-order valence-electron chi connectivity index (χ0n) is 13.4. The molecule has 2 aromatic rings. The van der Waals surface area contributed by atoms with E-state index in [4.69, 9.17) is 13.8 Å². The highest BCUT2D eigenvalue weighted by molar-refractivity contribution is 5.93. The third kappa shape index (κ3) is 3.06. The van der Waals surface area contributed by atoms with Crippen molar-refractivity contribution in [2.24, 2.45) is 0 Å². The quantitative estimate of drug-likeness (QED) is 0.889. The average molecular weight is 332 g/mol. The molecule has 0 radical (unpaired) electrons. The highest BCUT2D eigenvalue weighted by atomic mass is 16.5. The lowest BCUT2D eigenvalue weighted by atomic mass is 9.96.